The van der Waals surface area contributed by atoms with Crippen LogP contribution in [0.5, 0.6) is 5.75 Å². The van der Waals surface area contributed by atoms with Crippen molar-refractivity contribution in [3.8, 4) is 5.75 Å². The molecule has 0 unspecified atom stereocenters. The van der Waals surface area contributed by atoms with E-state index in [9.17, 15) is 8.78 Å². The molecule has 0 spiro atoms. The molecule has 4 nitrogen and oxygen atoms in total. The minimum Gasteiger partial charge on any atom is -0.496 e. The molecule has 0 radical (unpaired) electrons. The molecule has 0 bridgehead atoms. The number of aromatic amines is 1. The Labute approximate surface area is 250 Å². The number of fused-ring (bicyclic) bond motifs is 1. The number of hydrogen-bond donors (Lipinski definition) is 1. The molecule has 1 fully saturated rings. The largest absolute Gasteiger partial charge is 1.00 e. The predicted molar refractivity (Wildman–Crippen MR) is 126 cm³/mol. The van der Waals surface area contributed by atoms with Crippen LogP contribution in [0.1, 0.15) is 29.7 Å². The average Bonchev–Trinajstić information content (AvgIpc) is 3.29. The van der Waals surface area contributed by atoms with Crippen molar-refractivity contribution in [2.75, 3.05) is 34.1 Å². The fourth-order valence-corrected chi connectivity index (χ4v) is 3.75. The summed E-state index contributed by atoms with van der Waals surface area (Å²) >= 11 is 0. The zero-order chi connectivity index (χ0) is 21.9. The summed E-state index contributed by atoms with van der Waals surface area (Å²) in [6.07, 6.45) is 5.69. The van der Waals surface area contributed by atoms with Crippen molar-refractivity contribution in [3.05, 3.63) is 67.0 Å². The van der Waals surface area contributed by atoms with E-state index >= 15 is 0 Å². The van der Waals surface area contributed by atoms with Gasteiger partial charge >= 0.3 is 68.9 Å². The van der Waals surface area contributed by atoms with E-state index in [1.807, 2.05) is 31.3 Å². The third-order valence-electron chi connectivity index (χ3n) is 5.45. The summed E-state index contributed by atoms with van der Waals surface area (Å²) in [5.74, 6) is 1.21. The van der Waals surface area contributed by atoms with Crippen LogP contribution < -0.4 is 73.6 Å². The third-order valence-corrected chi connectivity index (χ3v) is 5.45. The van der Waals surface area contributed by atoms with Gasteiger partial charge in [0.1, 0.15) is 5.75 Å². The molecule has 32 heavy (non-hydrogen) atoms. The van der Waals surface area contributed by atoms with Gasteiger partial charge in [0.25, 0.3) is 0 Å². The summed E-state index contributed by atoms with van der Waals surface area (Å²) in [6.45, 7) is 6.70. The van der Waals surface area contributed by atoms with Crippen LogP contribution >= 0.6 is 0 Å². The summed E-state index contributed by atoms with van der Waals surface area (Å²) in [7, 11) is 2.23. The van der Waals surface area contributed by atoms with Gasteiger partial charge in [0.05, 0.1) is 21.0 Å². The summed E-state index contributed by atoms with van der Waals surface area (Å²) in [5, 5.41) is 1.24. The third kappa shape index (κ3) is 9.08. The van der Waals surface area contributed by atoms with Gasteiger partial charge < -0.3 is 17.1 Å². The molecule has 172 valence electrons. The first kappa shape index (κ1) is 31.6. The monoisotopic (exact) mass is 565 g/mol. The first-order chi connectivity index (χ1) is 14.6. The maximum Gasteiger partial charge on any atom is 1.00 e. The molecule has 3 heterocycles. The maximum absolute atomic E-state index is 12.7. The number of methoxy groups -OCH3 is 1. The molecule has 1 saturated heterocycles. The zero-order valence-electron chi connectivity index (χ0n) is 20.4. The van der Waals surface area contributed by atoms with Gasteiger partial charge in [-0.05, 0) is 75.5 Å². The van der Waals surface area contributed by atoms with Crippen molar-refractivity contribution >= 4 is 10.9 Å². The zero-order valence-corrected chi connectivity index (χ0v) is 26.7. The normalized spacial score (nSPS) is 13.6. The molecular formula is C25H36CsF2N3O. The van der Waals surface area contributed by atoms with E-state index in [4.69, 9.17) is 4.74 Å². The minimum atomic E-state index is -0.177. The number of benzene rings is 1. The Morgan fingerprint density at radius 1 is 1.16 bits per heavy atom. The van der Waals surface area contributed by atoms with Gasteiger partial charge in [-0.2, -0.15) is 0 Å². The molecule has 4 rings (SSSR count). The van der Waals surface area contributed by atoms with Gasteiger partial charge in [0.15, 0.2) is 0 Å². The van der Waals surface area contributed by atoms with Crippen LogP contribution in [0.3, 0.4) is 0 Å². The number of ether oxygens (including phenoxy) is 1. The van der Waals surface area contributed by atoms with E-state index < -0.39 is 0 Å². The van der Waals surface area contributed by atoms with Gasteiger partial charge in [0, 0.05) is 41.1 Å². The number of pyridine rings is 1. The minimum absolute atomic E-state index is 0. The van der Waals surface area contributed by atoms with E-state index in [1.54, 1.807) is 13.3 Å². The van der Waals surface area contributed by atoms with Crippen molar-refractivity contribution in [1.29, 1.82) is 0 Å². The Bertz CT molecular complexity index is 882. The molecule has 7 heteroatoms. The summed E-state index contributed by atoms with van der Waals surface area (Å²) in [4.78, 5) is 9.70. The van der Waals surface area contributed by atoms with Crippen molar-refractivity contribution in [2.24, 2.45) is 5.92 Å². The quantitative estimate of drug-likeness (QED) is 0.495. The van der Waals surface area contributed by atoms with Gasteiger partial charge in [-0.1, -0.05) is 6.07 Å². The van der Waals surface area contributed by atoms with Crippen LogP contribution in [-0.4, -0.2) is 48.9 Å². The smallest absolute Gasteiger partial charge is 0.496 e. The molecule has 1 aliphatic rings. The van der Waals surface area contributed by atoms with Gasteiger partial charge in [-0.3, -0.25) is 18.7 Å². The second-order valence-electron chi connectivity index (χ2n) is 7.49. The standard InChI is InChI=1S/C17H23FN2O.C6H7N.CH3F.CH3.Cs/c1-12-9-16(21-2)15(14-3-6-19-17(12)14)11-20-7-4-13(10-18)5-8-20;1-6-4-2-3-5-7-6;1-2;;/h3,6,9,13,19H,4-5,7-8,10-11H2,1-2H3;2-5H,1H3;1H3;1H3;/q;;;-1;+1. The number of halogens is 2. The van der Waals surface area contributed by atoms with E-state index in [0.717, 1.165) is 43.9 Å². The Balaban J connectivity index is 0.000000745. The molecule has 3 aromatic rings. The van der Waals surface area contributed by atoms with Crippen molar-refractivity contribution in [1.82, 2.24) is 14.9 Å². The number of aryl methyl sites for hydroxylation is 2. The number of H-pyrrole nitrogens is 1. The molecule has 1 N–H and O–H groups in total. The van der Waals surface area contributed by atoms with E-state index in [0.29, 0.717) is 7.18 Å². The molecular weight excluding hydrogens is 529 g/mol. The molecule has 0 saturated carbocycles. The van der Waals surface area contributed by atoms with Crippen molar-refractivity contribution in [3.63, 3.8) is 0 Å². The molecule has 1 aromatic carbocycles. The Kier molecular flexibility index (Phi) is 16.9. The molecule has 0 aliphatic carbocycles. The first-order valence-electron chi connectivity index (χ1n) is 10.3. The van der Waals surface area contributed by atoms with Crippen LogP contribution in [0, 0.1) is 27.2 Å². The van der Waals surface area contributed by atoms with Crippen LogP contribution in [0.2, 0.25) is 0 Å². The Morgan fingerprint density at radius 3 is 2.34 bits per heavy atom. The van der Waals surface area contributed by atoms with Crippen molar-refractivity contribution in [2.45, 2.75) is 33.2 Å². The number of rotatable bonds is 4. The fraction of sp³-hybridized carbons (Fsp3) is 0.440. The van der Waals surface area contributed by atoms with Crippen LogP contribution in [0.4, 0.5) is 8.78 Å². The Hall–Kier alpha value is -0.418. The molecule has 2 aromatic heterocycles. The number of hydrogen-bond acceptors (Lipinski definition) is 3. The molecule has 0 atom stereocenters. The predicted octanol–water partition coefficient (Wildman–Crippen LogP) is 3.10. The van der Waals surface area contributed by atoms with Gasteiger partial charge in [-0.15, -0.1) is 0 Å². The second-order valence-corrected chi connectivity index (χ2v) is 7.49. The molecule has 1 aliphatic heterocycles. The number of likely N-dealkylation sites (tertiary alicyclic amines) is 1. The van der Waals surface area contributed by atoms with Crippen LogP contribution in [0.15, 0.2) is 42.7 Å². The Morgan fingerprint density at radius 2 is 1.84 bits per heavy atom. The van der Waals surface area contributed by atoms with E-state index in [1.165, 1.54) is 22.0 Å². The number of aromatic nitrogens is 2. The number of nitrogens with zero attached hydrogens (tertiary/aromatic N) is 2. The summed E-state index contributed by atoms with van der Waals surface area (Å²) in [6, 6.07) is 10.1. The topological polar surface area (TPSA) is 41.1 Å². The van der Waals surface area contributed by atoms with Crippen LogP contribution in [0.25, 0.3) is 10.9 Å². The molecule has 0 amide bonds. The SMILES string of the molecule is CF.COc1cc(C)c2[nH]ccc2c1CN1CCC(CF)CC1.Cc1ccccn1.[CH3-].[Cs+]. The van der Waals surface area contributed by atoms with E-state index in [2.05, 4.69) is 33.9 Å². The summed E-state index contributed by atoms with van der Waals surface area (Å²) < 4.78 is 27.8. The number of alkyl halides is 2. The van der Waals surface area contributed by atoms with Crippen LogP contribution in [-0.2, 0) is 6.54 Å². The van der Waals surface area contributed by atoms with Gasteiger partial charge in [0.2, 0.25) is 0 Å². The fourth-order valence-electron chi connectivity index (χ4n) is 3.75. The van der Waals surface area contributed by atoms with Gasteiger partial charge in [-0.25, -0.2) is 0 Å². The summed E-state index contributed by atoms with van der Waals surface area (Å²) in [5.41, 5.74) is 4.69. The number of nitrogens with one attached hydrogen (secondary N) is 1. The average molecular weight is 565 g/mol. The maximum atomic E-state index is 12.7. The van der Waals surface area contributed by atoms with Crippen molar-refractivity contribution < 1.29 is 82.4 Å². The number of piperidine rings is 1. The van der Waals surface area contributed by atoms with E-state index in [-0.39, 0.29) is 88.9 Å². The first-order valence-corrected chi connectivity index (χ1v) is 10.3. The second kappa shape index (κ2) is 17.1.